The zero-order chi connectivity index (χ0) is 26.0. The second-order valence-corrected chi connectivity index (χ2v) is 12.9. The van der Waals surface area contributed by atoms with Crippen LogP contribution in [0.2, 0.25) is 0 Å². The molecule has 3 aromatic carbocycles. The second-order valence-electron chi connectivity index (χ2n) is 12.9. The molecule has 0 radical (unpaired) electrons. The molecule has 3 aromatic rings. The topological polar surface area (TPSA) is 6.48 Å². The van der Waals surface area contributed by atoms with Gasteiger partial charge in [0.2, 0.25) is 0 Å². The van der Waals surface area contributed by atoms with Crippen molar-refractivity contribution in [2.75, 3.05) is 9.80 Å². The maximum atomic E-state index is 2.94. The molecule has 0 N–H and O–H groups in total. The molecule has 2 aliphatic heterocycles. The third kappa shape index (κ3) is 3.25. The van der Waals surface area contributed by atoms with Gasteiger partial charge in [-0.2, -0.15) is 0 Å². The van der Waals surface area contributed by atoms with Crippen LogP contribution in [-0.2, 0) is 5.41 Å². The average molecular weight is 505 g/mol. The second kappa shape index (κ2) is 9.18. The van der Waals surface area contributed by atoms with Crippen LogP contribution in [0.15, 0.2) is 66.7 Å². The van der Waals surface area contributed by atoms with Crippen molar-refractivity contribution in [3.05, 3.63) is 94.5 Å². The summed E-state index contributed by atoms with van der Waals surface area (Å²) in [6.07, 6.45) is 11.5. The molecule has 38 heavy (non-hydrogen) atoms. The summed E-state index contributed by atoms with van der Waals surface area (Å²) < 4.78 is 0. The molecule has 1 saturated heterocycles. The minimum Gasteiger partial charge on any atom is -0.342 e. The van der Waals surface area contributed by atoms with E-state index in [1.807, 2.05) is 0 Å². The molecule has 198 valence electrons. The highest BCUT2D eigenvalue weighted by Gasteiger charge is 2.66. The molecule has 0 amide bonds. The molecule has 0 aromatic heterocycles. The molecule has 3 fully saturated rings. The fraction of sp³-hybridized carbons (Fsp3) is 0.500. The Morgan fingerprint density at radius 2 is 1.13 bits per heavy atom. The normalized spacial score (nSPS) is 26.8. The van der Waals surface area contributed by atoms with Gasteiger partial charge < -0.3 is 9.80 Å². The molecule has 3 atom stereocenters. The smallest absolute Gasteiger partial charge is 0.129 e. The monoisotopic (exact) mass is 504 g/mol. The van der Waals surface area contributed by atoms with E-state index in [4.69, 9.17) is 0 Å². The third-order valence-corrected chi connectivity index (χ3v) is 11.1. The van der Waals surface area contributed by atoms with Gasteiger partial charge in [0.1, 0.15) is 6.17 Å². The maximum Gasteiger partial charge on any atom is 0.129 e. The van der Waals surface area contributed by atoms with Gasteiger partial charge in [0, 0.05) is 28.4 Å². The number of nitrogens with zero attached hydrogens (tertiary/aromatic N) is 2. The van der Waals surface area contributed by atoms with Crippen molar-refractivity contribution in [2.45, 2.75) is 103 Å². The first kappa shape index (κ1) is 24.3. The van der Waals surface area contributed by atoms with Crippen LogP contribution in [0.5, 0.6) is 0 Å². The van der Waals surface area contributed by atoms with E-state index in [0.717, 1.165) is 11.8 Å². The fourth-order valence-electron chi connectivity index (χ4n) is 9.81. The summed E-state index contributed by atoms with van der Waals surface area (Å²) in [6, 6.07) is 26.6. The molecule has 7 rings (SSSR count). The lowest BCUT2D eigenvalue weighted by molar-refractivity contribution is 0.140. The summed E-state index contributed by atoms with van der Waals surface area (Å²) in [4.78, 5) is 5.78. The lowest BCUT2D eigenvalue weighted by Crippen LogP contribution is -2.55. The summed E-state index contributed by atoms with van der Waals surface area (Å²) in [5.41, 5.74) is 10.6. The van der Waals surface area contributed by atoms with Crippen LogP contribution in [0.3, 0.4) is 0 Å². The Morgan fingerprint density at radius 3 is 1.74 bits per heavy atom. The number of hydrogen-bond acceptors (Lipinski definition) is 2. The molecule has 4 aliphatic rings. The number of para-hydroxylation sites is 2. The van der Waals surface area contributed by atoms with E-state index in [0.29, 0.717) is 12.1 Å². The van der Waals surface area contributed by atoms with Gasteiger partial charge in [0.15, 0.2) is 0 Å². The van der Waals surface area contributed by atoms with E-state index >= 15 is 0 Å². The van der Waals surface area contributed by atoms with E-state index < -0.39 is 0 Å². The Balaban J connectivity index is 1.53. The summed E-state index contributed by atoms with van der Waals surface area (Å²) in [5, 5.41) is 0. The highest BCUT2D eigenvalue weighted by molar-refractivity contribution is 5.74. The lowest BCUT2D eigenvalue weighted by atomic mass is 9.57. The van der Waals surface area contributed by atoms with Crippen LogP contribution in [0, 0.1) is 32.6 Å². The van der Waals surface area contributed by atoms with Gasteiger partial charge in [-0.25, -0.2) is 0 Å². The summed E-state index contributed by atoms with van der Waals surface area (Å²) in [7, 11) is 0. The van der Waals surface area contributed by atoms with Crippen molar-refractivity contribution in [1.82, 2.24) is 0 Å². The third-order valence-electron chi connectivity index (χ3n) is 11.1. The van der Waals surface area contributed by atoms with Crippen molar-refractivity contribution in [1.29, 1.82) is 0 Å². The predicted octanol–water partition coefficient (Wildman–Crippen LogP) is 9.03. The van der Waals surface area contributed by atoms with Crippen molar-refractivity contribution in [3.8, 4) is 0 Å². The molecule has 0 bridgehead atoms. The maximum absolute atomic E-state index is 2.94. The van der Waals surface area contributed by atoms with Gasteiger partial charge in [0.25, 0.3) is 0 Å². The summed E-state index contributed by atoms with van der Waals surface area (Å²) in [5.74, 6) is 1.58. The minimum absolute atomic E-state index is 0.211. The molecule has 2 saturated carbocycles. The van der Waals surface area contributed by atoms with E-state index in [1.54, 1.807) is 5.56 Å². The Morgan fingerprint density at radius 1 is 0.605 bits per heavy atom. The van der Waals surface area contributed by atoms with E-state index in [2.05, 4.69) is 104 Å². The highest BCUT2D eigenvalue weighted by Crippen LogP contribution is 2.66. The summed E-state index contributed by atoms with van der Waals surface area (Å²) in [6.45, 7) is 9.55. The highest BCUT2D eigenvalue weighted by atomic mass is 15.5. The quantitative estimate of drug-likeness (QED) is 0.350. The van der Waals surface area contributed by atoms with Crippen molar-refractivity contribution >= 4 is 11.4 Å². The van der Waals surface area contributed by atoms with Crippen LogP contribution in [0.25, 0.3) is 0 Å². The lowest BCUT2D eigenvalue weighted by Gasteiger charge is -2.48. The molecule has 2 nitrogen and oxygen atoms in total. The number of anilines is 2. The average Bonchev–Trinajstić information content (AvgIpc) is 3.71. The zero-order valence-corrected chi connectivity index (χ0v) is 23.8. The number of hydrogen-bond donors (Lipinski definition) is 0. The molecular weight excluding hydrogens is 460 g/mol. The van der Waals surface area contributed by atoms with E-state index in [1.165, 1.54) is 85.0 Å². The minimum atomic E-state index is 0.211. The Hall–Kier alpha value is -2.74. The SMILES string of the molecule is Cc1ccccc1N1C(c2c(C)cccc2C)N2c3ccccc3C(C3CCCC3)(C3CCCC3)C2[C@@H]1C. The Bertz CT molecular complexity index is 1290. The van der Waals surface area contributed by atoms with Crippen molar-refractivity contribution in [2.24, 2.45) is 11.8 Å². The van der Waals surface area contributed by atoms with Gasteiger partial charge in [-0.1, -0.05) is 80.3 Å². The van der Waals surface area contributed by atoms with Crippen LogP contribution < -0.4 is 9.80 Å². The van der Waals surface area contributed by atoms with Gasteiger partial charge in [-0.05, 0) is 99.6 Å². The molecule has 0 spiro atoms. The fourth-order valence-corrected chi connectivity index (χ4v) is 9.81. The molecule has 2 heterocycles. The molecular formula is C36H44N2. The number of rotatable bonds is 4. The van der Waals surface area contributed by atoms with Gasteiger partial charge in [0.05, 0.1) is 6.04 Å². The Labute approximate surface area is 230 Å². The molecule has 2 unspecified atom stereocenters. The van der Waals surface area contributed by atoms with Crippen LogP contribution in [0.4, 0.5) is 11.4 Å². The van der Waals surface area contributed by atoms with Gasteiger partial charge in [-0.3, -0.25) is 0 Å². The number of aryl methyl sites for hydroxylation is 3. The van der Waals surface area contributed by atoms with Crippen LogP contribution in [-0.4, -0.2) is 12.1 Å². The number of fused-ring (bicyclic) bond motifs is 3. The molecule has 2 aliphatic carbocycles. The van der Waals surface area contributed by atoms with E-state index in [-0.39, 0.29) is 11.6 Å². The van der Waals surface area contributed by atoms with Crippen LogP contribution in [0.1, 0.15) is 92.3 Å². The number of benzene rings is 3. The van der Waals surface area contributed by atoms with Crippen molar-refractivity contribution < 1.29 is 0 Å². The summed E-state index contributed by atoms with van der Waals surface area (Å²) >= 11 is 0. The Kier molecular flexibility index (Phi) is 5.87. The van der Waals surface area contributed by atoms with Gasteiger partial charge in [-0.15, -0.1) is 0 Å². The predicted molar refractivity (Wildman–Crippen MR) is 160 cm³/mol. The van der Waals surface area contributed by atoms with Gasteiger partial charge >= 0.3 is 0 Å². The van der Waals surface area contributed by atoms with Crippen LogP contribution >= 0.6 is 0 Å². The first-order valence-electron chi connectivity index (χ1n) is 15.3. The largest absolute Gasteiger partial charge is 0.342 e. The molecule has 2 heteroatoms. The van der Waals surface area contributed by atoms with E-state index in [9.17, 15) is 0 Å². The standard InChI is InChI=1S/C36H44N2/c1-24-14-5-11-22-31(24)37-27(4)34-36(28-17-6-7-18-28,29-19-8-9-20-29)30-21-10-12-23-32(30)38(34)35(37)33-25(2)15-13-16-26(33)3/h5,10-16,21-23,27-29,34-35H,6-9,17-20H2,1-4H3/t27-,34?,35?/m0/s1. The first-order chi connectivity index (χ1) is 18.5. The zero-order valence-electron chi connectivity index (χ0n) is 23.8. The first-order valence-corrected chi connectivity index (χ1v) is 15.3. The van der Waals surface area contributed by atoms with Crippen molar-refractivity contribution in [3.63, 3.8) is 0 Å².